The van der Waals surface area contributed by atoms with Gasteiger partial charge < -0.3 is 4.74 Å². The van der Waals surface area contributed by atoms with Crippen LogP contribution in [0.5, 0.6) is 5.75 Å². The molecular weight excluding hydrogens is 293 g/mol. The minimum absolute atomic E-state index is 0.183. The fourth-order valence-corrected chi connectivity index (χ4v) is 2.09. The largest absolute Gasteiger partial charge is 0.494 e. The number of benzene rings is 1. The number of carbonyl (C=O) groups is 1. The first kappa shape index (κ1) is 11.4. The third-order valence-electron chi connectivity index (χ3n) is 2.18. The van der Waals surface area contributed by atoms with Crippen molar-refractivity contribution >= 4 is 44.7 Å². The number of aromatic nitrogens is 1. The summed E-state index contributed by atoms with van der Waals surface area (Å²) in [6.07, 6.45) is 0.683. The van der Waals surface area contributed by atoms with Crippen molar-refractivity contribution in [3.63, 3.8) is 0 Å². The van der Waals surface area contributed by atoms with Gasteiger partial charge in [-0.3, -0.25) is 4.79 Å². The van der Waals surface area contributed by atoms with Crippen LogP contribution in [0.2, 0.25) is 5.15 Å². The molecule has 0 saturated heterocycles. The maximum absolute atomic E-state index is 10.7. The van der Waals surface area contributed by atoms with Gasteiger partial charge in [0.15, 0.2) is 6.29 Å². The van der Waals surface area contributed by atoms with Crippen LogP contribution in [-0.2, 0) is 0 Å². The highest BCUT2D eigenvalue weighted by molar-refractivity contribution is 9.10. The van der Waals surface area contributed by atoms with E-state index in [1.807, 2.05) is 6.07 Å². The summed E-state index contributed by atoms with van der Waals surface area (Å²) in [5.74, 6) is 0.615. The van der Waals surface area contributed by atoms with E-state index in [0.717, 1.165) is 9.86 Å². The van der Waals surface area contributed by atoms with Crippen molar-refractivity contribution in [2.45, 2.75) is 0 Å². The molecule has 1 aromatic carbocycles. The summed E-state index contributed by atoms with van der Waals surface area (Å²) >= 11 is 9.22. The Labute approximate surface area is 106 Å². The van der Waals surface area contributed by atoms with E-state index in [-0.39, 0.29) is 5.15 Å². The molecule has 0 amide bonds. The van der Waals surface area contributed by atoms with E-state index in [2.05, 4.69) is 20.9 Å². The standard InChI is InChI=1S/C11H7BrClNO2/c1-16-9-4-8(12)3-6-2-7(5-15)11(13)14-10(6)9/h2-5H,1H3. The molecule has 0 bridgehead atoms. The zero-order chi connectivity index (χ0) is 11.7. The second-order valence-corrected chi connectivity index (χ2v) is 4.44. The fourth-order valence-electron chi connectivity index (χ4n) is 1.45. The molecule has 0 N–H and O–H groups in total. The Hall–Kier alpha value is -1.13. The Morgan fingerprint density at radius 2 is 2.19 bits per heavy atom. The molecule has 0 fully saturated rings. The monoisotopic (exact) mass is 299 g/mol. The highest BCUT2D eigenvalue weighted by atomic mass is 79.9. The summed E-state index contributed by atoms with van der Waals surface area (Å²) < 4.78 is 6.06. The average molecular weight is 301 g/mol. The van der Waals surface area contributed by atoms with Crippen molar-refractivity contribution in [1.29, 1.82) is 0 Å². The number of carbonyl (C=O) groups excluding carboxylic acids is 1. The van der Waals surface area contributed by atoms with Crippen molar-refractivity contribution in [1.82, 2.24) is 4.98 Å². The van der Waals surface area contributed by atoms with Gasteiger partial charge in [-0.15, -0.1) is 0 Å². The van der Waals surface area contributed by atoms with Crippen LogP contribution < -0.4 is 4.74 Å². The number of methoxy groups -OCH3 is 1. The van der Waals surface area contributed by atoms with Crippen LogP contribution in [0.4, 0.5) is 0 Å². The quantitative estimate of drug-likeness (QED) is 0.630. The molecule has 0 aliphatic rings. The molecule has 1 aromatic heterocycles. The number of rotatable bonds is 2. The molecule has 0 aliphatic carbocycles. The molecular formula is C11H7BrClNO2. The molecule has 1 heterocycles. The minimum atomic E-state index is 0.183. The van der Waals surface area contributed by atoms with Gasteiger partial charge in [-0.05, 0) is 18.2 Å². The van der Waals surface area contributed by atoms with Gasteiger partial charge in [-0.1, -0.05) is 27.5 Å². The van der Waals surface area contributed by atoms with E-state index in [1.165, 1.54) is 0 Å². The summed E-state index contributed by atoms with van der Waals surface area (Å²) in [7, 11) is 1.56. The Balaban J connectivity index is 2.84. The number of pyridine rings is 1. The van der Waals surface area contributed by atoms with Crippen LogP contribution in [0.25, 0.3) is 10.9 Å². The summed E-state index contributed by atoms with van der Waals surface area (Å²) in [5.41, 5.74) is 1.01. The second-order valence-electron chi connectivity index (χ2n) is 3.17. The molecule has 2 aromatic rings. The van der Waals surface area contributed by atoms with Gasteiger partial charge in [0.1, 0.15) is 16.4 Å². The number of halogens is 2. The van der Waals surface area contributed by atoms with Crippen molar-refractivity contribution in [2.24, 2.45) is 0 Å². The third-order valence-corrected chi connectivity index (χ3v) is 2.94. The SMILES string of the molecule is COc1cc(Br)cc2cc(C=O)c(Cl)nc12. The smallest absolute Gasteiger partial charge is 0.153 e. The van der Waals surface area contributed by atoms with Gasteiger partial charge in [0, 0.05) is 9.86 Å². The molecule has 0 unspecified atom stereocenters. The zero-order valence-electron chi connectivity index (χ0n) is 8.33. The highest BCUT2D eigenvalue weighted by Crippen LogP contribution is 2.30. The Kier molecular flexibility index (Phi) is 3.12. The minimum Gasteiger partial charge on any atom is -0.494 e. The van der Waals surface area contributed by atoms with Crippen molar-refractivity contribution < 1.29 is 9.53 Å². The first-order valence-corrected chi connectivity index (χ1v) is 5.61. The summed E-state index contributed by atoms with van der Waals surface area (Å²) in [5, 5.41) is 0.987. The van der Waals surface area contributed by atoms with Gasteiger partial charge in [0.05, 0.1) is 12.7 Å². The average Bonchev–Trinajstić information content (AvgIpc) is 2.28. The van der Waals surface area contributed by atoms with Crippen molar-refractivity contribution in [2.75, 3.05) is 7.11 Å². The first-order chi connectivity index (χ1) is 7.65. The number of fused-ring (bicyclic) bond motifs is 1. The Morgan fingerprint density at radius 3 is 2.81 bits per heavy atom. The number of aldehydes is 1. The van der Waals surface area contributed by atoms with Gasteiger partial charge in [-0.2, -0.15) is 0 Å². The van der Waals surface area contributed by atoms with E-state index >= 15 is 0 Å². The highest BCUT2D eigenvalue weighted by Gasteiger charge is 2.09. The number of hydrogen-bond donors (Lipinski definition) is 0. The molecule has 2 rings (SSSR count). The third kappa shape index (κ3) is 1.90. The van der Waals surface area contributed by atoms with E-state index in [9.17, 15) is 4.79 Å². The topological polar surface area (TPSA) is 39.2 Å². The molecule has 0 radical (unpaired) electrons. The summed E-state index contributed by atoms with van der Waals surface area (Å²) in [4.78, 5) is 14.9. The molecule has 16 heavy (non-hydrogen) atoms. The van der Waals surface area contributed by atoms with Crippen LogP contribution in [-0.4, -0.2) is 18.4 Å². The number of ether oxygens (including phenoxy) is 1. The molecule has 0 spiro atoms. The lowest BCUT2D eigenvalue weighted by Crippen LogP contribution is -1.92. The first-order valence-electron chi connectivity index (χ1n) is 4.44. The van der Waals surface area contributed by atoms with Crippen molar-refractivity contribution in [3.8, 4) is 5.75 Å². The van der Waals surface area contributed by atoms with Crippen LogP contribution >= 0.6 is 27.5 Å². The van der Waals surface area contributed by atoms with Gasteiger partial charge in [-0.25, -0.2) is 4.98 Å². The molecule has 5 heteroatoms. The summed E-state index contributed by atoms with van der Waals surface area (Å²) in [6, 6.07) is 5.34. The van der Waals surface area contributed by atoms with Crippen LogP contribution in [0, 0.1) is 0 Å². The molecule has 82 valence electrons. The lowest BCUT2D eigenvalue weighted by molar-refractivity contribution is 0.112. The Bertz CT molecular complexity index is 571. The maximum Gasteiger partial charge on any atom is 0.153 e. The van der Waals surface area contributed by atoms with E-state index < -0.39 is 0 Å². The van der Waals surface area contributed by atoms with Crippen LogP contribution in [0.3, 0.4) is 0 Å². The Morgan fingerprint density at radius 1 is 1.44 bits per heavy atom. The normalized spacial score (nSPS) is 10.4. The predicted molar refractivity (Wildman–Crippen MR) is 66.4 cm³/mol. The molecule has 0 aliphatic heterocycles. The fraction of sp³-hybridized carbons (Fsp3) is 0.0909. The lowest BCUT2D eigenvalue weighted by Gasteiger charge is -2.07. The van der Waals surface area contributed by atoms with E-state index in [4.69, 9.17) is 16.3 Å². The molecule has 3 nitrogen and oxygen atoms in total. The van der Waals surface area contributed by atoms with Crippen LogP contribution in [0.15, 0.2) is 22.7 Å². The van der Waals surface area contributed by atoms with Gasteiger partial charge in [0.25, 0.3) is 0 Å². The van der Waals surface area contributed by atoms with Crippen molar-refractivity contribution in [3.05, 3.63) is 33.4 Å². The van der Waals surface area contributed by atoms with Gasteiger partial charge >= 0.3 is 0 Å². The predicted octanol–water partition coefficient (Wildman–Crippen LogP) is 3.47. The lowest BCUT2D eigenvalue weighted by atomic mass is 10.1. The second kappa shape index (κ2) is 4.39. The van der Waals surface area contributed by atoms with E-state index in [0.29, 0.717) is 23.1 Å². The molecule has 0 atom stereocenters. The number of hydrogen-bond acceptors (Lipinski definition) is 3. The summed E-state index contributed by atoms with van der Waals surface area (Å²) in [6.45, 7) is 0. The zero-order valence-corrected chi connectivity index (χ0v) is 10.7. The maximum atomic E-state index is 10.7. The van der Waals surface area contributed by atoms with Crippen LogP contribution in [0.1, 0.15) is 10.4 Å². The van der Waals surface area contributed by atoms with Gasteiger partial charge in [0.2, 0.25) is 0 Å². The van der Waals surface area contributed by atoms with E-state index in [1.54, 1.807) is 19.2 Å². The molecule has 0 saturated carbocycles. The number of nitrogens with zero attached hydrogens (tertiary/aromatic N) is 1.